The lowest BCUT2D eigenvalue weighted by Gasteiger charge is -2.19. The number of cyclic esters (lactones) is 1. The Morgan fingerprint density at radius 1 is 1.39 bits per heavy atom. The molecule has 1 heterocycles. The van der Waals surface area contributed by atoms with E-state index in [-0.39, 0.29) is 11.9 Å². The number of carbonyl (C=O) groups excluding carboxylic acids is 1. The van der Waals surface area contributed by atoms with Crippen LogP contribution in [0.15, 0.2) is 42.2 Å². The first-order valence-electron chi connectivity index (χ1n) is 5.56. The molecule has 1 aliphatic rings. The van der Waals surface area contributed by atoms with Crippen LogP contribution >= 0.6 is 0 Å². The largest absolute Gasteiger partial charge is 0.501 e. The Balaban J connectivity index is 2.04. The van der Waals surface area contributed by atoms with E-state index in [1.54, 1.807) is 24.3 Å². The Morgan fingerprint density at radius 3 is 2.78 bits per heavy atom. The van der Waals surface area contributed by atoms with Crippen LogP contribution in [0.1, 0.15) is 12.0 Å². The van der Waals surface area contributed by atoms with Crippen molar-refractivity contribution < 1.29 is 18.7 Å². The zero-order valence-electron chi connectivity index (χ0n) is 9.93. The van der Waals surface area contributed by atoms with Gasteiger partial charge in [0.05, 0.1) is 13.2 Å². The standard InChI is InChI=1S/C14H13FO3/c1-17-13-8-12(18-14(16)9-13)7-4-10-2-5-11(15)6-3-10/h2-7,9,12H,8H2,1H3/b7-4+/t12-/m0/s1. The number of rotatable bonds is 3. The van der Waals surface area contributed by atoms with Crippen LogP contribution in [-0.2, 0) is 14.3 Å². The molecule has 0 bridgehead atoms. The number of hydrogen-bond acceptors (Lipinski definition) is 3. The number of carbonyl (C=O) groups is 1. The van der Waals surface area contributed by atoms with Gasteiger partial charge in [-0.15, -0.1) is 0 Å². The lowest BCUT2D eigenvalue weighted by atomic mass is 10.1. The molecule has 0 fully saturated rings. The summed E-state index contributed by atoms with van der Waals surface area (Å²) in [4.78, 5) is 11.2. The number of halogens is 1. The molecule has 0 radical (unpaired) electrons. The van der Waals surface area contributed by atoms with Crippen LogP contribution in [0.5, 0.6) is 0 Å². The summed E-state index contributed by atoms with van der Waals surface area (Å²) in [7, 11) is 1.52. The van der Waals surface area contributed by atoms with E-state index in [1.807, 2.05) is 0 Å². The fourth-order valence-corrected chi connectivity index (χ4v) is 1.66. The maximum Gasteiger partial charge on any atom is 0.334 e. The molecule has 0 unspecified atom stereocenters. The van der Waals surface area contributed by atoms with Crippen LogP contribution in [0.4, 0.5) is 4.39 Å². The van der Waals surface area contributed by atoms with Crippen molar-refractivity contribution in [2.45, 2.75) is 12.5 Å². The van der Waals surface area contributed by atoms with E-state index in [0.717, 1.165) is 5.56 Å². The highest BCUT2D eigenvalue weighted by molar-refractivity contribution is 5.83. The molecular weight excluding hydrogens is 235 g/mol. The van der Waals surface area contributed by atoms with Gasteiger partial charge in [-0.25, -0.2) is 9.18 Å². The van der Waals surface area contributed by atoms with Gasteiger partial charge in [-0.1, -0.05) is 18.2 Å². The van der Waals surface area contributed by atoms with Crippen molar-refractivity contribution in [3.63, 3.8) is 0 Å². The van der Waals surface area contributed by atoms with Gasteiger partial charge in [0, 0.05) is 6.42 Å². The summed E-state index contributed by atoms with van der Waals surface area (Å²) in [6.07, 6.45) is 5.05. The molecule has 1 atom stereocenters. The van der Waals surface area contributed by atoms with Crippen molar-refractivity contribution in [3.05, 3.63) is 53.6 Å². The van der Waals surface area contributed by atoms with Crippen LogP contribution in [0, 0.1) is 5.82 Å². The van der Waals surface area contributed by atoms with Gasteiger partial charge in [-0.2, -0.15) is 0 Å². The minimum absolute atomic E-state index is 0.277. The van der Waals surface area contributed by atoms with Gasteiger partial charge in [-0.3, -0.25) is 0 Å². The van der Waals surface area contributed by atoms with E-state index in [9.17, 15) is 9.18 Å². The van der Waals surface area contributed by atoms with E-state index in [4.69, 9.17) is 9.47 Å². The van der Waals surface area contributed by atoms with Gasteiger partial charge in [-0.05, 0) is 23.8 Å². The Kier molecular flexibility index (Phi) is 3.77. The molecule has 0 aromatic heterocycles. The zero-order valence-corrected chi connectivity index (χ0v) is 9.93. The quantitative estimate of drug-likeness (QED) is 0.771. The summed E-state index contributed by atoms with van der Waals surface area (Å²) in [6, 6.07) is 6.08. The summed E-state index contributed by atoms with van der Waals surface area (Å²) in [5.41, 5.74) is 0.848. The monoisotopic (exact) mass is 248 g/mol. The number of benzene rings is 1. The van der Waals surface area contributed by atoms with Gasteiger partial charge in [0.2, 0.25) is 0 Å². The normalized spacial score (nSPS) is 19.6. The molecule has 4 heteroatoms. The van der Waals surface area contributed by atoms with Gasteiger partial charge in [0.1, 0.15) is 17.7 Å². The highest BCUT2D eigenvalue weighted by Crippen LogP contribution is 2.18. The predicted octanol–water partition coefficient (Wildman–Crippen LogP) is 2.68. The number of ether oxygens (including phenoxy) is 2. The van der Waals surface area contributed by atoms with E-state index >= 15 is 0 Å². The van der Waals surface area contributed by atoms with Gasteiger partial charge >= 0.3 is 5.97 Å². The van der Waals surface area contributed by atoms with Crippen molar-refractivity contribution in [2.24, 2.45) is 0 Å². The maximum absolute atomic E-state index is 12.7. The van der Waals surface area contributed by atoms with Crippen LogP contribution in [0.3, 0.4) is 0 Å². The third-order valence-electron chi connectivity index (χ3n) is 2.58. The van der Waals surface area contributed by atoms with Crippen molar-refractivity contribution in [2.75, 3.05) is 7.11 Å². The molecular formula is C14H13FO3. The minimum Gasteiger partial charge on any atom is -0.501 e. The summed E-state index contributed by atoms with van der Waals surface area (Å²) < 4.78 is 22.9. The van der Waals surface area contributed by atoms with E-state index in [1.165, 1.54) is 25.3 Å². The molecule has 94 valence electrons. The third-order valence-corrected chi connectivity index (χ3v) is 2.58. The predicted molar refractivity (Wildman–Crippen MR) is 65.0 cm³/mol. The summed E-state index contributed by atoms with van der Waals surface area (Å²) in [5.74, 6) is -0.0901. The van der Waals surface area contributed by atoms with Crippen LogP contribution in [0.2, 0.25) is 0 Å². The van der Waals surface area contributed by atoms with Crippen molar-refractivity contribution >= 4 is 12.0 Å². The lowest BCUT2D eigenvalue weighted by Crippen LogP contribution is -2.21. The van der Waals surface area contributed by atoms with Crippen molar-refractivity contribution in [1.29, 1.82) is 0 Å². The van der Waals surface area contributed by atoms with Gasteiger partial charge in [0.15, 0.2) is 0 Å². The molecule has 2 rings (SSSR count). The second-order valence-corrected chi connectivity index (χ2v) is 3.90. The molecule has 0 aliphatic carbocycles. The molecule has 0 N–H and O–H groups in total. The average molecular weight is 248 g/mol. The highest BCUT2D eigenvalue weighted by Gasteiger charge is 2.19. The first kappa shape index (κ1) is 12.4. The Morgan fingerprint density at radius 2 is 2.11 bits per heavy atom. The Hall–Kier alpha value is -2.10. The third kappa shape index (κ3) is 3.20. The van der Waals surface area contributed by atoms with Gasteiger partial charge in [0.25, 0.3) is 0 Å². The molecule has 1 aromatic carbocycles. The summed E-state index contributed by atoms with van der Waals surface area (Å²) in [5, 5.41) is 0. The SMILES string of the molecule is COC1=CC(=O)O[C@@H](/C=C/c2ccc(F)cc2)C1. The first-order chi connectivity index (χ1) is 8.67. The first-order valence-corrected chi connectivity index (χ1v) is 5.56. The molecule has 0 amide bonds. The topological polar surface area (TPSA) is 35.5 Å². The Labute approximate surface area is 105 Å². The van der Waals surface area contributed by atoms with Crippen molar-refractivity contribution in [1.82, 2.24) is 0 Å². The highest BCUT2D eigenvalue weighted by atomic mass is 19.1. The number of methoxy groups -OCH3 is 1. The van der Waals surface area contributed by atoms with Crippen molar-refractivity contribution in [3.8, 4) is 0 Å². The second kappa shape index (κ2) is 5.49. The van der Waals surface area contributed by atoms with E-state index < -0.39 is 5.97 Å². The maximum atomic E-state index is 12.7. The average Bonchev–Trinajstić information content (AvgIpc) is 2.37. The second-order valence-electron chi connectivity index (χ2n) is 3.90. The smallest absolute Gasteiger partial charge is 0.334 e. The summed E-state index contributed by atoms with van der Waals surface area (Å²) in [6.45, 7) is 0. The molecule has 3 nitrogen and oxygen atoms in total. The molecule has 18 heavy (non-hydrogen) atoms. The minimum atomic E-state index is -0.410. The fraction of sp³-hybridized carbons (Fsp3) is 0.214. The molecule has 1 aromatic rings. The molecule has 0 saturated carbocycles. The van der Waals surface area contributed by atoms with E-state index in [0.29, 0.717) is 12.2 Å². The molecule has 0 spiro atoms. The number of esters is 1. The lowest BCUT2D eigenvalue weighted by molar-refractivity contribution is -0.142. The van der Waals surface area contributed by atoms with Crippen LogP contribution in [0.25, 0.3) is 6.08 Å². The Bertz CT molecular complexity index is 488. The molecule has 0 saturated heterocycles. The molecule has 1 aliphatic heterocycles. The van der Waals surface area contributed by atoms with E-state index in [2.05, 4.69) is 0 Å². The van der Waals surface area contributed by atoms with Crippen LogP contribution in [-0.4, -0.2) is 19.2 Å². The fourth-order valence-electron chi connectivity index (χ4n) is 1.66. The number of hydrogen-bond donors (Lipinski definition) is 0. The van der Waals surface area contributed by atoms with Gasteiger partial charge < -0.3 is 9.47 Å². The summed E-state index contributed by atoms with van der Waals surface area (Å²) >= 11 is 0. The zero-order chi connectivity index (χ0) is 13.0. The van der Waals surface area contributed by atoms with Crippen LogP contribution < -0.4 is 0 Å².